The normalized spacial score (nSPS) is 15.9. The number of carbonyl (C=O) groups is 3. The van der Waals surface area contributed by atoms with E-state index in [1.165, 1.54) is 24.1 Å². The second kappa shape index (κ2) is 8.72. The van der Waals surface area contributed by atoms with Crippen molar-refractivity contribution in [3.8, 4) is 5.75 Å². The van der Waals surface area contributed by atoms with Crippen molar-refractivity contribution in [3.63, 3.8) is 0 Å². The van der Waals surface area contributed by atoms with Gasteiger partial charge < -0.3 is 19.7 Å². The fraction of sp³-hybridized carbons (Fsp3) is 0.286. The van der Waals surface area contributed by atoms with Crippen LogP contribution >= 0.6 is 0 Å². The Morgan fingerprint density at radius 3 is 2.72 bits per heavy atom. The molecule has 7 nitrogen and oxygen atoms in total. The fourth-order valence-corrected chi connectivity index (χ4v) is 3.07. The van der Waals surface area contributed by atoms with Gasteiger partial charge in [0.1, 0.15) is 11.6 Å². The van der Waals surface area contributed by atoms with Gasteiger partial charge in [-0.2, -0.15) is 0 Å². The number of anilines is 2. The molecule has 2 amide bonds. The molecule has 0 unspecified atom stereocenters. The van der Waals surface area contributed by atoms with Crippen molar-refractivity contribution >= 4 is 29.2 Å². The van der Waals surface area contributed by atoms with E-state index in [2.05, 4.69) is 5.32 Å². The minimum absolute atomic E-state index is 0.0122. The van der Waals surface area contributed by atoms with E-state index in [1.54, 1.807) is 37.3 Å². The summed E-state index contributed by atoms with van der Waals surface area (Å²) >= 11 is 0. The number of hydrogen-bond acceptors (Lipinski definition) is 5. The van der Waals surface area contributed by atoms with Gasteiger partial charge in [-0.25, -0.2) is 4.39 Å². The molecule has 29 heavy (non-hydrogen) atoms. The zero-order chi connectivity index (χ0) is 21.0. The maximum absolute atomic E-state index is 13.5. The molecule has 0 radical (unpaired) electrons. The van der Waals surface area contributed by atoms with E-state index in [0.29, 0.717) is 17.0 Å². The number of hydrogen-bond donors (Lipinski definition) is 1. The van der Waals surface area contributed by atoms with Crippen molar-refractivity contribution in [2.45, 2.75) is 13.3 Å². The van der Waals surface area contributed by atoms with E-state index in [4.69, 9.17) is 9.47 Å². The van der Waals surface area contributed by atoms with Crippen LogP contribution in [-0.2, 0) is 19.1 Å². The van der Waals surface area contributed by atoms with Crippen molar-refractivity contribution in [1.29, 1.82) is 0 Å². The summed E-state index contributed by atoms with van der Waals surface area (Å²) in [5, 5.41) is 2.46. The Labute approximate surface area is 167 Å². The van der Waals surface area contributed by atoms with Crippen LogP contribution in [-0.4, -0.2) is 38.0 Å². The molecule has 2 aromatic carbocycles. The first-order valence-corrected chi connectivity index (χ1v) is 9.05. The molecule has 0 spiro atoms. The highest BCUT2D eigenvalue weighted by atomic mass is 19.1. The monoisotopic (exact) mass is 400 g/mol. The Morgan fingerprint density at radius 1 is 1.24 bits per heavy atom. The van der Waals surface area contributed by atoms with Gasteiger partial charge in [-0.3, -0.25) is 14.4 Å². The molecule has 1 saturated heterocycles. The topological polar surface area (TPSA) is 84.9 Å². The van der Waals surface area contributed by atoms with Gasteiger partial charge in [0, 0.05) is 18.7 Å². The van der Waals surface area contributed by atoms with Crippen LogP contribution in [0.4, 0.5) is 15.8 Å². The lowest BCUT2D eigenvalue weighted by Gasteiger charge is -2.19. The minimum atomic E-state index is -0.683. The van der Waals surface area contributed by atoms with Crippen molar-refractivity contribution < 1.29 is 28.2 Å². The molecular formula is C21H21FN2O5. The maximum Gasteiger partial charge on any atom is 0.311 e. The molecule has 152 valence electrons. The van der Waals surface area contributed by atoms with Crippen molar-refractivity contribution in [2.75, 3.05) is 30.5 Å². The average molecular weight is 400 g/mol. The largest absolute Gasteiger partial charge is 0.495 e. The zero-order valence-corrected chi connectivity index (χ0v) is 16.1. The molecule has 0 aliphatic carbocycles. The summed E-state index contributed by atoms with van der Waals surface area (Å²) in [6, 6.07) is 11.3. The van der Waals surface area contributed by atoms with Gasteiger partial charge >= 0.3 is 5.97 Å². The number of para-hydroxylation sites is 2. The highest BCUT2D eigenvalue weighted by Gasteiger charge is 2.37. The first-order valence-electron chi connectivity index (χ1n) is 9.05. The summed E-state index contributed by atoms with van der Waals surface area (Å²) in [5.74, 6) is -2.05. The van der Waals surface area contributed by atoms with Gasteiger partial charge in [0.25, 0.3) is 5.91 Å². The number of benzene rings is 2. The summed E-state index contributed by atoms with van der Waals surface area (Å²) in [7, 11) is 1.50. The van der Waals surface area contributed by atoms with E-state index >= 15 is 0 Å². The van der Waals surface area contributed by atoms with Crippen molar-refractivity contribution in [1.82, 2.24) is 0 Å². The van der Waals surface area contributed by atoms with Crippen LogP contribution < -0.4 is 15.0 Å². The molecule has 0 bridgehead atoms. The quantitative estimate of drug-likeness (QED) is 0.754. The smallest absolute Gasteiger partial charge is 0.311 e. The summed E-state index contributed by atoms with van der Waals surface area (Å²) in [6.07, 6.45) is -0.0122. The van der Waals surface area contributed by atoms with Crippen LogP contribution in [0.3, 0.4) is 0 Å². The number of rotatable bonds is 6. The van der Waals surface area contributed by atoms with E-state index in [1.807, 2.05) is 0 Å². The Kier molecular flexibility index (Phi) is 6.11. The minimum Gasteiger partial charge on any atom is -0.495 e. The Hall–Kier alpha value is -3.42. The highest BCUT2D eigenvalue weighted by molar-refractivity contribution is 6.01. The molecular weight excluding hydrogens is 379 g/mol. The van der Waals surface area contributed by atoms with Crippen LogP contribution in [0.15, 0.2) is 42.5 Å². The SMILES string of the molecule is COc1ccccc1N1C[C@H](C(=O)OCC(=O)Nc2ccc(C)c(F)c2)CC1=O. The standard InChI is InChI=1S/C21H21FN2O5/c1-13-7-8-15(10-16(13)22)23-19(25)12-29-21(27)14-9-20(26)24(11-14)17-5-3-4-6-18(17)28-2/h3-8,10,14H,9,11-12H2,1-2H3,(H,23,25)/t14-/m1/s1. The van der Waals surface area contributed by atoms with E-state index in [9.17, 15) is 18.8 Å². The Bertz CT molecular complexity index is 946. The molecule has 1 atom stereocenters. The zero-order valence-electron chi connectivity index (χ0n) is 16.1. The summed E-state index contributed by atoms with van der Waals surface area (Å²) in [4.78, 5) is 38.1. The number of ether oxygens (including phenoxy) is 2. The van der Waals surface area contributed by atoms with Gasteiger partial charge in [0.15, 0.2) is 6.61 Å². The van der Waals surface area contributed by atoms with Crippen molar-refractivity contribution in [3.05, 3.63) is 53.8 Å². The molecule has 0 aromatic heterocycles. The predicted molar refractivity (Wildman–Crippen MR) is 104 cm³/mol. The van der Waals surface area contributed by atoms with Crippen LogP contribution in [0.1, 0.15) is 12.0 Å². The molecule has 1 heterocycles. The lowest BCUT2D eigenvalue weighted by Crippen LogP contribution is -2.28. The Morgan fingerprint density at radius 2 is 2.00 bits per heavy atom. The number of aryl methyl sites for hydroxylation is 1. The number of amides is 2. The van der Waals surface area contributed by atoms with Gasteiger partial charge in [-0.05, 0) is 36.8 Å². The first-order chi connectivity index (χ1) is 13.9. The number of nitrogens with zero attached hydrogens (tertiary/aromatic N) is 1. The first kappa shape index (κ1) is 20.3. The maximum atomic E-state index is 13.5. The molecule has 1 N–H and O–H groups in total. The molecule has 0 saturated carbocycles. The molecule has 8 heteroatoms. The number of halogens is 1. The second-order valence-corrected chi connectivity index (χ2v) is 6.70. The van der Waals surface area contributed by atoms with Crippen LogP contribution in [0.25, 0.3) is 0 Å². The summed E-state index contributed by atoms with van der Waals surface area (Å²) in [5.41, 5.74) is 1.31. The van der Waals surface area contributed by atoms with Crippen LogP contribution in [0, 0.1) is 18.7 Å². The van der Waals surface area contributed by atoms with Crippen molar-refractivity contribution in [2.24, 2.45) is 5.92 Å². The van der Waals surface area contributed by atoms with Crippen LogP contribution in [0.5, 0.6) is 5.75 Å². The Balaban J connectivity index is 1.55. The fourth-order valence-electron chi connectivity index (χ4n) is 3.07. The average Bonchev–Trinajstić information content (AvgIpc) is 3.10. The third kappa shape index (κ3) is 4.71. The van der Waals surface area contributed by atoms with E-state index in [0.717, 1.165) is 0 Å². The summed E-state index contributed by atoms with van der Waals surface area (Å²) < 4.78 is 23.8. The number of methoxy groups -OCH3 is 1. The predicted octanol–water partition coefficient (Wildman–Crippen LogP) is 2.68. The molecule has 1 aliphatic rings. The third-order valence-electron chi connectivity index (χ3n) is 4.64. The highest BCUT2D eigenvalue weighted by Crippen LogP contribution is 2.33. The second-order valence-electron chi connectivity index (χ2n) is 6.70. The van der Waals surface area contributed by atoms with E-state index in [-0.39, 0.29) is 24.6 Å². The third-order valence-corrected chi connectivity index (χ3v) is 4.64. The number of carbonyl (C=O) groups excluding carboxylic acids is 3. The van der Waals surface area contributed by atoms with Gasteiger partial charge in [-0.15, -0.1) is 0 Å². The lowest BCUT2D eigenvalue weighted by atomic mass is 10.1. The molecule has 3 rings (SSSR count). The molecule has 2 aromatic rings. The molecule has 1 aliphatic heterocycles. The number of nitrogens with one attached hydrogen (secondary N) is 1. The molecule has 1 fully saturated rings. The van der Waals surface area contributed by atoms with E-state index < -0.39 is 30.2 Å². The van der Waals surface area contributed by atoms with Gasteiger partial charge in [0.2, 0.25) is 5.91 Å². The van der Waals surface area contributed by atoms with Crippen LogP contribution in [0.2, 0.25) is 0 Å². The lowest BCUT2D eigenvalue weighted by molar-refractivity contribution is -0.151. The van der Waals surface area contributed by atoms with Gasteiger partial charge in [-0.1, -0.05) is 18.2 Å². The summed E-state index contributed by atoms with van der Waals surface area (Å²) in [6.45, 7) is 1.23. The number of esters is 1. The van der Waals surface area contributed by atoms with Gasteiger partial charge in [0.05, 0.1) is 18.7 Å².